The highest BCUT2D eigenvalue weighted by Crippen LogP contribution is 2.31. The zero-order valence-electron chi connectivity index (χ0n) is 7.74. The average Bonchev–Trinajstić information content (AvgIpc) is 2.59. The zero-order chi connectivity index (χ0) is 10.1. The Hall–Kier alpha value is -1.23. The predicted octanol–water partition coefficient (Wildman–Crippen LogP) is 1.34. The number of rotatable bonds is 1. The molecule has 1 aromatic heterocycles. The number of esters is 1. The van der Waals surface area contributed by atoms with Gasteiger partial charge in [0.05, 0.1) is 13.0 Å². The third-order valence-corrected chi connectivity index (χ3v) is 2.68. The molecule has 1 heterocycles. The fourth-order valence-corrected chi connectivity index (χ4v) is 1.95. The molecular formula is C9H10N2O2S. The quantitative estimate of drug-likeness (QED) is 0.561. The maximum atomic E-state index is 11.4. The number of carbonyl (C=O) groups excluding carboxylic acids is 1. The summed E-state index contributed by atoms with van der Waals surface area (Å²) in [6, 6.07) is 0. The number of aromatic amines is 1. The van der Waals surface area contributed by atoms with Gasteiger partial charge in [-0.15, -0.1) is 0 Å². The Kier molecular flexibility index (Phi) is 2.33. The smallest absolute Gasteiger partial charge is 0.313 e. The Morgan fingerprint density at radius 2 is 2.57 bits per heavy atom. The van der Waals surface area contributed by atoms with Crippen molar-refractivity contribution in [2.45, 2.75) is 18.8 Å². The van der Waals surface area contributed by atoms with Crippen molar-refractivity contribution in [1.82, 2.24) is 9.97 Å². The first-order valence-electron chi connectivity index (χ1n) is 4.38. The number of methoxy groups -OCH3 is 1. The maximum Gasteiger partial charge on any atom is 0.313 e. The number of hydrogen-bond acceptors (Lipinski definition) is 4. The first-order chi connectivity index (χ1) is 6.72. The molecule has 0 aromatic carbocycles. The summed E-state index contributed by atoms with van der Waals surface area (Å²) in [5.41, 5.74) is 1.94. The van der Waals surface area contributed by atoms with Crippen LogP contribution in [0.25, 0.3) is 0 Å². The third-order valence-electron chi connectivity index (χ3n) is 2.47. The molecule has 0 aliphatic heterocycles. The molecule has 0 amide bonds. The van der Waals surface area contributed by atoms with Gasteiger partial charge in [-0.05, 0) is 25.1 Å². The Bertz CT molecular complexity index is 427. The van der Waals surface area contributed by atoms with Gasteiger partial charge < -0.3 is 9.72 Å². The van der Waals surface area contributed by atoms with E-state index >= 15 is 0 Å². The maximum absolute atomic E-state index is 11.4. The van der Waals surface area contributed by atoms with Gasteiger partial charge in [0.2, 0.25) is 0 Å². The summed E-state index contributed by atoms with van der Waals surface area (Å²) in [5.74, 6) is -0.370. The number of carbonyl (C=O) groups is 1. The van der Waals surface area contributed by atoms with Gasteiger partial charge in [-0.2, -0.15) is 0 Å². The van der Waals surface area contributed by atoms with Gasteiger partial charge in [0.1, 0.15) is 0 Å². The monoisotopic (exact) mass is 210 g/mol. The van der Waals surface area contributed by atoms with E-state index in [9.17, 15) is 4.79 Å². The second-order valence-electron chi connectivity index (χ2n) is 3.24. The molecule has 0 saturated heterocycles. The zero-order valence-corrected chi connectivity index (χ0v) is 8.56. The van der Waals surface area contributed by atoms with Crippen LogP contribution in [-0.2, 0) is 16.0 Å². The largest absolute Gasteiger partial charge is 0.469 e. The summed E-state index contributed by atoms with van der Waals surface area (Å²) in [7, 11) is 1.40. The van der Waals surface area contributed by atoms with E-state index in [0.717, 1.165) is 24.1 Å². The Labute approximate surface area is 86.3 Å². The summed E-state index contributed by atoms with van der Waals surface area (Å²) in [6.07, 6.45) is 3.28. The lowest BCUT2D eigenvalue weighted by molar-refractivity contribution is -0.142. The molecule has 1 aromatic rings. The molecule has 1 aliphatic carbocycles. The highest BCUT2D eigenvalue weighted by atomic mass is 32.1. The molecule has 14 heavy (non-hydrogen) atoms. The first-order valence-corrected chi connectivity index (χ1v) is 4.79. The van der Waals surface area contributed by atoms with Gasteiger partial charge in [-0.25, -0.2) is 4.98 Å². The normalized spacial score (nSPS) is 19.1. The number of hydrogen-bond donors (Lipinski definition) is 1. The number of aryl methyl sites for hydroxylation is 1. The average molecular weight is 210 g/mol. The lowest BCUT2D eigenvalue weighted by Crippen LogP contribution is -2.11. The van der Waals surface area contributed by atoms with Crippen LogP contribution in [0.1, 0.15) is 23.6 Å². The summed E-state index contributed by atoms with van der Waals surface area (Å²) in [6.45, 7) is 0. The molecule has 1 aliphatic rings. The molecule has 0 spiro atoms. The highest BCUT2D eigenvalue weighted by Gasteiger charge is 2.29. The third kappa shape index (κ3) is 1.43. The van der Waals surface area contributed by atoms with Crippen molar-refractivity contribution in [2.24, 2.45) is 0 Å². The summed E-state index contributed by atoms with van der Waals surface area (Å²) < 4.78 is 5.18. The summed E-state index contributed by atoms with van der Waals surface area (Å²) in [4.78, 5) is 18.3. The molecule has 0 bridgehead atoms. The highest BCUT2D eigenvalue weighted by molar-refractivity contribution is 7.71. The van der Waals surface area contributed by atoms with Crippen LogP contribution >= 0.6 is 12.2 Å². The second-order valence-corrected chi connectivity index (χ2v) is 3.62. The fourth-order valence-electron chi connectivity index (χ4n) is 1.78. The predicted molar refractivity (Wildman–Crippen MR) is 52.5 cm³/mol. The molecule has 1 atom stereocenters. The number of ether oxygens (including phenoxy) is 1. The van der Waals surface area contributed by atoms with Gasteiger partial charge in [0.15, 0.2) is 4.77 Å². The molecule has 0 fully saturated rings. The minimum Gasteiger partial charge on any atom is -0.469 e. The number of H-pyrrole nitrogens is 1. The Balaban J connectivity index is 2.40. The lowest BCUT2D eigenvalue weighted by Gasteiger charge is -2.07. The number of nitrogens with zero attached hydrogens (tertiary/aromatic N) is 1. The van der Waals surface area contributed by atoms with Crippen molar-refractivity contribution in [3.63, 3.8) is 0 Å². The van der Waals surface area contributed by atoms with Crippen molar-refractivity contribution in [2.75, 3.05) is 7.11 Å². The van der Waals surface area contributed by atoms with Gasteiger partial charge in [-0.3, -0.25) is 4.79 Å². The molecule has 2 rings (SSSR count). The Morgan fingerprint density at radius 1 is 1.79 bits per heavy atom. The van der Waals surface area contributed by atoms with E-state index in [2.05, 4.69) is 9.97 Å². The van der Waals surface area contributed by atoms with Gasteiger partial charge >= 0.3 is 5.97 Å². The van der Waals surface area contributed by atoms with E-state index in [4.69, 9.17) is 17.0 Å². The molecule has 0 saturated carbocycles. The lowest BCUT2D eigenvalue weighted by atomic mass is 10.1. The molecule has 1 unspecified atom stereocenters. The van der Waals surface area contributed by atoms with E-state index in [1.165, 1.54) is 7.11 Å². The number of nitrogens with one attached hydrogen (secondary N) is 1. The topological polar surface area (TPSA) is 55.0 Å². The minimum absolute atomic E-state index is 0.172. The van der Waals surface area contributed by atoms with Crippen molar-refractivity contribution in [1.29, 1.82) is 0 Å². The van der Waals surface area contributed by atoms with Crippen LogP contribution < -0.4 is 0 Å². The standard InChI is InChI=1S/C9H10N2O2S/c1-13-8(12)5-2-3-7-6(5)4-10-9(14)11-7/h4-5H,2-3H2,1H3,(H,10,11,14). The molecular weight excluding hydrogens is 200 g/mol. The van der Waals surface area contributed by atoms with Crippen molar-refractivity contribution >= 4 is 18.2 Å². The molecule has 0 radical (unpaired) electrons. The summed E-state index contributed by atoms with van der Waals surface area (Å²) >= 11 is 4.90. The second kappa shape index (κ2) is 3.49. The fraction of sp³-hybridized carbons (Fsp3) is 0.444. The van der Waals surface area contributed by atoms with E-state index < -0.39 is 0 Å². The molecule has 1 N–H and O–H groups in total. The van der Waals surface area contributed by atoms with Crippen LogP contribution in [0.2, 0.25) is 0 Å². The van der Waals surface area contributed by atoms with Gasteiger partial charge in [-0.1, -0.05) is 0 Å². The SMILES string of the molecule is COC(=O)C1CCc2[nH]c(=S)ncc21. The van der Waals surface area contributed by atoms with Gasteiger partial charge in [0, 0.05) is 17.5 Å². The number of aromatic nitrogens is 2. The van der Waals surface area contributed by atoms with Crippen LogP contribution in [0.3, 0.4) is 0 Å². The van der Waals surface area contributed by atoms with Crippen molar-refractivity contribution < 1.29 is 9.53 Å². The van der Waals surface area contributed by atoms with Crippen molar-refractivity contribution in [3.8, 4) is 0 Å². The van der Waals surface area contributed by atoms with Crippen LogP contribution in [0.5, 0.6) is 0 Å². The Morgan fingerprint density at radius 3 is 3.29 bits per heavy atom. The van der Waals surface area contributed by atoms with Crippen LogP contribution in [0, 0.1) is 4.77 Å². The summed E-state index contributed by atoms with van der Waals surface area (Å²) in [5, 5.41) is 0. The molecule has 74 valence electrons. The van der Waals surface area contributed by atoms with Crippen LogP contribution in [-0.4, -0.2) is 23.0 Å². The molecule has 4 nitrogen and oxygen atoms in total. The molecule has 5 heteroatoms. The van der Waals surface area contributed by atoms with Crippen LogP contribution in [0.15, 0.2) is 6.20 Å². The van der Waals surface area contributed by atoms with E-state index in [1.54, 1.807) is 6.20 Å². The minimum atomic E-state index is -0.198. The van der Waals surface area contributed by atoms with E-state index in [-0.39, 0.29) is 11.9 Å². The van der Waals surface area contributed by atoms with Crippen molar-refractivity contribution in [3.05, 3.63) is 22.2 Å². The van der Waals surface area contributed by atoms with E-state index in [0.29, 0.717) is 4.77 Å². The first kappa shape index (κ1) is 9.33. The van der Waals surface area contributed by atoms with E-state index in [1.807, 2.05) is 0 Å². The number of fused-ring (bicyclic) bond motifs is 1. The van der Waals surface area contributed by atoms with Crippen LogP contribution in [0.4, 0.5) is 0 Å². The van der Waals surface area contributed by atoms with Gasteiger partial charge in [0.25, 0.3) is 0 Å².